The molecule has 1 aromatic rings. The van der Waals surface area contributed by atoms with E-state index in [0.717, 1.165) is 18.0 Å². The highest BCUT2D eigenvalue weighted by Gasteiger charge is 2.11. The van der Waals surface area contributed by atoms with Crippen LogP contribution in [0.3, 0.4) is 0 Å². The van der Waals surface area contributed by atoms with E-state index < -0.39 is 0 Å². The van der Waals surface area contributed by atoms with Gasteiger partial charge in [-0.3, -0.25) is 0 Å². The van der Waals surface area contributed by atoms with Gasteiger partial charge < -0.3 is 10.1 Å². The van der Waals surface area contributed by atoms with Crippen LogP contribution in [0.2, 0.25) is 0 Å². The van der Waals surface area contributed by atoms with Crippen molar-refractivity contribution in [3.8, 4) is 0 Å². The Morgan fingerprint density at radius 3 is 2.61 bits per heavy atom. The van der Waals surface area contributed by atoms with Crippen LogP contribution in [0, 0.1) is 0 Å². The van der Waals surface area contributed by atoms with Crippen LogP contribution in [0.1, 0.15) is 43.3 Å². The lowest BCUT2D eigenvalue weighted by atomic mass is 10.3. The van der Waals surface area contributed by atoms with E-state index in [4.69, 9.17) is 4.74 Å². The van der Waals surface area contributed by atoms with Gasteiger partial charge in [0.15, 0.2) is 0 Å². The number of aromatic nitrogens is 1. The summed E-state index contributed by atoms with van der Waals surface area (Å²) in [5.74, 6) is 1.00. The molecule has 18 heavy (non-hydrogen) atoms. The van der Waals surface area contributed by atoms with Gasteiger partial charge in [0.2, 0.25) is 0 Å². The summed E-state index contributed by atoms with van der Waals surface area (Å²) in [6.07, 6.45) is 0. The largest absolute Gasteiger partial charge is 0.378 e. The summed E-state index contributed by atoms with van der Waals surface area (Å²) in [6, 6.07) is 0.496. The maximum absolute atomic E-state index is 5.22. The minimum atomic E-state index is 0.496. The number of hydrogen-bond donors (Lipinski definition) is 1. The number of rotatable bonds is 8. The molecule has 0 saturated carbocycles. The molecule has 0 spiro atoms. The van der Waals surface area contributed by atoms with E-state index in [-0.39, 0.29) is 0 Å². The molecular weight excluding hydrogens is 264 g/mol. The minimum absolute atomic E-state index is 0.496. The van der Waals surface area contributed by atoms with Gasteiger partial charge in [0.25, 0.3) is 0 Å². The molecule has 3 nitrogen and oxygen atoms in total. The van der Waals surface area contributed by atoms with Crippen molar-refractivity contribution in [1.29, 1.82) is 0 Å². The molecule has 5 heteroatoms. The van der Waals surface area contributed by atoms with E-state index in [1.165, 1.54) is 9.88 Å². The molecule has 1 rings (SSSR count). The summed E-state index contributed by atoms with van der Waals surface area (Å²) in [5, 5.41) is 5.31. The molecule has 0 aliphatic carbocycles. The molecule has 0 amide bonds. The fourth-order valence-corrected chi connectivity index (χ4v) is 3.22. The van der Waals surface area contributed by atoms with Crippen molar-refractivity contribution >= 4 is 23.1 Å². The zero-order chi connectivity index (χ0) is 13.5. The van der Waals surface area contributed by atoms with Crippen molar-refractivity contribution in [2.45, 2.75) is 57.9 Å². The predicted octanol–water partition coefficient (Wildman–Crippen LogP) is 3.43. The van der Waals surface area contributed by atoms with E-state index in [1.807, 2.05) is 23.1 Å². The number of methoxy groups -OCH3 is 1. The maximum Gasteiger partial charge on any atom is 0.103 e. The quantitative estimate of drug-likeness (QED) is 0.794. The summed E-state index contributed by atoms with van der Waals surface area (Å²) in [6.45, 7) is 10.3. The van der Waals surface area contributed by atoms with Gasteiger partial charge in [-0.1, -0.05) is 27.7 Å². The summed E-state index contributed by atoms with van der Waals surface area (Å²) in [4.78, 5) is 5.99. The fraction of sp³-hybridized carbons (Fsp3) is 0.769. The topological polar surface area (TPSA) is 34.1 Å². The molecule has 0 fully saturated rings. The lowest BCUT2D eigenvalue weighted by molar-refractivity contribution is 0.181. The minimum Gasteiger partial charge on any atom is -0.378 e. The Hall–Kier alpha value is -0.100. The first-order valence-corrected chi connectivity index (χ1v) is 8.20. The molecule has 0 unspecified atom stereocenters. The second kappa shape index (κ2) is 8.15. The third-order valence-electron chi connectivity index (χ3n) is 2.31. The van der Waals surface area contributed by atoms with E-state index in [2.05, 4.69) is 38.0 Å². The number of thioether (sulfide) groups is 1. The van der Waals surface area contributed by atoms with Crippen LogP contribution in [0.4, 0.5) is 0 Å². The SMILES string of the molecule is COCc1nc(CSC(C)C)sc1CNC(C)C. The highest BCUT2D eigenvalue weighted by molar-refractivity contribution is 7.99. The van der Waals surface area contributed by atoms with Gasteiger partial charge in [-0.15, -0.1) is 11.3 Å². The fourth-order valence-electron chi connectivity index (χ4n) is 1.42. The highest BCUT2D eigenvalue weighted by atomic mass is 32.2. The Morgan fingerprint density at radius 2 is 2.06 bits per heavy atom. The highest BCUT2D eigenvalue weighted by Crippen LogP contribution is 2.25. The van der Waals surface area contributed by atoms with Crippen LogP contribution in [0.15, 0.2) is 0 Å². The van der Waals surface area contributed by atoms with Gasteiger partial charge in [0.1, 0.15) is 5.01 Å². The molecule has 104 valence electrons. The molecule has 0 radical (unpaired) electrons. The first-order chi connectivity index (χ1) is 8.52. The van der Waals surface area contributed by atoms with Crippen LogP contribution in [-0.4, -0.2) is 23.4 Å². The van der Waals surface area contributed by atoms with Gasteiger partial charge in [0, 0.05) is 30.3 Å². The third-order valence-corrected chi connectivity index (χ3v) is 4.70. The van der Waals surface area contributed by atoms with E-state index in [1.54, 1.807) is 7.11 Å². The first-order valence-electron chi connectivity index (χ1n) is 6.34. The second-order valence-corrected chi connectivity index (χ2v) is 7.54. The molecule has 0 aliphatic heterocycles. The smallest absolute Gasteiger partial charge is 0.103 e. The van der Waals surface area contributed by atoms with Crippen molar-refractivity contribution in [3.63, 3.8) is 0 Å². The monoisotopic (exact) mass is 288 g/mol. The second-order valence-electron chi connectivity index (χ2n) is 4.81. The summed E-state index contributed by atoms with van der Waals surface area (Å²) >= 11 is 3.74. The predicted molar refractivity (Wildman–Crippen MR) is 81.2 cm³/mol. The van der Waals surface area contributed by atoms with Crippen molar-refractivity contribution in [2.75, 3.05) is 7.11 Å². The van der Waals surface area contributed by atoms with Gasteiger partial charge in [-0.2, -0.15) is 11.8 Å². The molecule has 1 N–H and O–H groups in total. The molecule has 0 atom stereocenters. The van der Waals surface area contributed by atoms with Gasteiger partial charge in [-0.05, 0) is 5.25 Å². The van der Waals surface area contributed by atoms with Crippen molar-refractivity contribution in [2.24, 2.45) is 0 Å². The van der Waals surface area contributed by atoms with Crippen molar-refractivity contribution in [1.82, 2.24) is 10.3 Å². The molecule has 1 heterocycles. The number of hydrogen-bond acceptors (Lipinski definition) is 5. The Bertz CT molecular complexity index is 351. The number of nitrogens with one attached hydrogen (secondary N) is 1. The standard InChI is InChI=1S/C13H24N2OS2/c1-9(2)14-6-12-11(7-16-5)15-13(18-12)8-17-10(3)4/h9-10,14H,6-8H2,1-5H3. The zero-order valence-corrected chi connectivity index (χ0v) is 13.6. The normalized spacial score (nSPS) is 11.7. The average molecular weight is 288 g/mol. The van der Waals surface area contributed by atoms with E-state index in [0.29, 0.717) is 17.9 Å². The average Bonchev–Trinajstić information content (AvgIpc) is 2.67. The first kappa shape index (κ1) is 16.0. The lowest BCUT2D eigenvalue weighted by Gasteiger charge is -2.07. The van der Waals surface area contributed by atoms with Crippen LogP contribution in [0.5, 0.6) is 0 Å². The van der Waals surface area contributed by atoms with Crippen LogP contribution in [-0.2, 0) is 23.6 Å². The Labute approximate surface area is 119 Å². The van der Waals surface area contributed by atoms with Gasteiger partial charge >= 0.3 is 0 Å². The van der Waals surface area contributed by atoms with Crippen LogP contribution in [0.25, 0.3) is 0 Å². The van der Waals surface area contributed by atoms with Crippen molar-refractivity contribution < 1.29 is 4.74 Å². The molecule has 1 aromatic heterocycles. The Morgan fingerprint density at radius 1 is 1.33 bits per heavy atom. The summed E-state index contributed by atoms with van der Waals surface area (Å²) < 4.78 is 5.22. The van der Waals surface area contributed by atoms with Crippen LogP contribution >= 0.6 is 23.1 Å². The van der Waals surface area contributed by atoms with Gasteiger partial charge in [-0.25, -0.2) is 4.98 Å². The Balaban J connectivity index is 2.66. The van der Waals surface area contributed by atoms with Gasteiger partial charge in [0.05, 0.1) is 12.3 Å². The molecule has 0 saturated heterocycles. The maximum atomic E-state index is 5.22. The third kappa shape index (κ3) is 5.69. The van der Waals surface area contributed by atoms with Crippen LogP contribution < -0.4 is 5.32 Å². The molecule has 0 aliphatic rings. The Kier molecular flexibility index (Phi) is 7.22. The molecular formula is C13H24N2OS2. The summed E-state index contributed by atoms with van der Waals surface area (Å²) in [7, 11) is 1.72. The number of nitrogens with zero attached hydrogens (tertiary/aromatic N) is 1. The van der Waals surface area contributed by atoms with Crippen molar-refractivity contribution in [3.05, 3.63) is 15.6 Å². The summed E-state index contributed by atoms with van der Waals surface area (Å²) in [5.41, 5.74) is 1.09. The van der Waals surface area contributed by atoms with E-state index in [9.17, 15) is 0 Å². The molecule has 0 aromatic carbocycles. The molecule has 0 bridgehead atoms. The number of ether oxygens (including phenoxy) is 1. The number of thiazole rings is 1. The lowest BCUT2D eigenvalue weighted by Crippen LogP contribution is -2.21. The zero-order valence-electron chi connectivity index (χ0n) is 11.9. The van der Waals surface area contributed by atoms with E-state index >= 15 is 0 Å².